The lowest BCUT2D eigenvalue weighted by molar-refractivity contribution is -0.00905. The molecule has 8 heteroatoms. The lowest BCUT2D eigenvalue weighted by Gasteiger charge is -2.30. The van der Waals surface area contributed by atoms with E-state index in [9.17, 15) is 14.0 Å². The van der Waals surface area contributed by atoms with Gasteiger partial charge in [-0.2, -0.15) is 5.26 Å². The first-order chi connectivity index (χ1) is 9.11. The summed E-state index contributed by atoms with van der Waals surface area (Å²) in [6.07, 6.45) is 1.26. The highest BCUT2D eigenvalue weighted by Crippen LogP contribution is 2.43. The van der Waals surface area contributed by atoms with Crippen molar-refractivity contribution in [2.45, 2.75) is 32.1 Å². The van der Waals surface area contributed by atoms with Gasteiger partial charge in [0.25, 0.3) is 0 Å². The number of nitrogens with zero attached hydrogens (tertiary/aromatic N) is 4. The minimum Gasteiger partial charge on any atom is -0.367 e. The van der Waals surface area contributed by atoms with Gasteiger partial charge in [-0.25, -0.2) is 18.3 Å². The van der Waals surface area contributed by atoms with Gasteiger partial charge in [0.2, 0.25) is 5.95 Å². The summed E-state index contributed by atoms with van der Waals surface area (Å²) in [5, 5.41) is 13.0. The second-order valence-corrected chi connectivity index (χ2v) is 5.42. The van der Waals surface area contributed by atoms with E-state index in [0.717, 1.165) is 25.3 Å². The van der Waals surface area contributed by atoms with Crippen LogP contribution in [0.25, 0.3) is 5.52 Å². The Morgan fingerprint density at radius 2 is 2.00 bits per heavy atom. The van der Waals surface area contributed by atoms with Crippen molar-refractivity contribution in [3.05, 3.63) is 22.5 Å². The predicted octanol–water partition coefficient (Wildman–Crippen LogP) is 2.77. The number of nitrogen functional groups attached to an aromatic ring is 1. The summed E-state index contributed by atoms with van der Waals surface area (Å²) >= 11 is 6.02. The Kier molecular flexibility index (Phi) is 3.10. The molecular formula is C12H12ClF2N5. The van der Waals surface area contributed by atoms with E-state index in [-0.39, 0.29) is 27.7 Å². The van der Waals surface area contributed by atoms with Crippen LogP contribution in [0.2, 0.25) is 5.02 Å². The van der Waals surface area contributed by atoms with Crippen molar-refractivity contribution < 1.29 is 8.78 Å². The third kappa shape index (κ3) is 1.88. The zero-order valence-electron chi connectivity index (χ0n) is 11.1. The third-order valence-electron chi connectivity index (χ3n) is 3.32. The molecule has 2 aromatic rings. The highest BCUT2D eigenvalue weighted by atomic mass is 35.5. The average molecular weight is 300 g/mol. The number of anilines is 1. The molecule has 2 rings (SSSR count). The van der Waals surface area contributed by atoms with Crippen molar-refractivity contribution in [2.75, 3.05) is 5.73 Å². The first kappa shape index (κ1) is 14.5. The summed E-state index contributed by atoms with van der Waals surface area (Å²) in [4.78, 5) is 3.74. The van der Waals surface area contributed by atoms with Crippen molar-refractivity contribution in [3.63, 3.8) is 0 Å². The van der Waals surface area contributed by atoms with Gasteiger partial charge in [0.15, 0.2) is 5.67 Å². The Bertz CT molecular complexity index is 724. The second kappa shape index (κ2) is 4.28. The highest BCUT2D eigenvalue weighted by molar-refractivity contribution is 6.35. The number of aromatic nitrogens is 3. The van der Waals surface area contributed by atoms with Crippen LogP contribution < -0.4 is 5.73 Å². The molecule has 2 aromatic heterocycles. The van der Waals surface area contributed by atoms with Crippen molar-refractivity contribution in [3.8, 4) is 6.07 Å². The highest BCUT2D eigenvalue weighted by Gasteiger charge is 2.48. The molecule has 0 aliphatic heterocycles. The lowest BCUT2D eigenvalue weighted by Crippen LogP contribution is -2.39. The van der Waals surface area contributed by atoms with Crippen molar-refractivity contribution in [1.82, 2.24) is 14.6 Å². The van der Waals surface area contributed by atoms with Gasteiger partial charge in [-0.15, -0.1) is 5.10 Å². The summed E-state index contributed by atoms with van der Waals surface area (Å²) in [6, 6.07) is 1.78. The summed E-state index contributed by atoms with van der Waals surface area (Å²) < 4.78 is 30.2. The van der Waals surface area contributed by atoms with Gasteiger partial charge >= 0.3 is 0 Å². The van der Waals surface area contributed by atoms with Crippen LogP contribution in [0.5, 0.6) is 0 Å². The van der Waals surface area contributed by atoms with Crippen LogP contribution in [0.1, 0.15) is 32.0 Å². The molecule has 0 saturated heterocycles. The first-order valence-corrected chi connectivity index (χ1v) is 6.10. The number of rotatable bonds is 2. The van der Waals surface area contributed by atoms with Gasteiger partial charge in [0.1, 0.15) is 22.9 Å². The summed E-state index contributed by atoms with van der Waals surface area (Å²) in [5.74, 6) is -0.137. The van der Waals surface area contributed by atoms with E-state index in [2.05, 4.69) is 10.1 Å². The molecule has 0 aromatic carbocycles. The van der Waals surface area contributed by atoms with Gasteiger partial charge < -0.3 is 5.73 Å². The van der Waals surface area contributed by atoms with E-state index in [1.54, 1.807) is 6.07 Å². The molecule has 0 fully saturated rings. The van der Waals surface area contributed by atoms with Crippen LogP contribution in [0.4, 0.5) is 14.7 Å². The van der Waals surface area contributed by atoms with Crippen molar-refractivity contribution in [1.29, 1.82) is 5.26 Å². The molecule has 106 valence electrons. The van der Waals surface area contributed by atoms with E-state index in [4.69, 9.17) is 17.3 Å². The van der Waals surface area contributed by atoms with E-state index in [1.807, 2.05) is 0 Å². The van der Waals surface area contributed by atoms with Crippen LogP contribution in [-0.2, 0) is 5.67 Å². The van der Waals surface area contributed by atoms with E-state index in [0.29, 0.717) is 0 Å². The molecule has 20 heavy (non-hydrogen) atoms. The predicted molar refractivity (Wildman–Crippen MR) is 70.8 cm³/mol. The maximum atomic E-state index is 14.9. The first-order valence-electron chi connectivity index (χ1n) is 5.72. The van der Waals surface area contributed by atoms with Gasteiger partial charge in [-0.05, 0) is 20.8 Å². The molecular weight excluding hydrogens is 288 g/mol. The van der Waals surface area contributed by atoms with Gasteiger partial charge in [0.05, 0.1) is 16.8 Å². The largest absolute Gasteiger partial charge is 0.367 e. The maximum Gasteiger partial charge on any atom is 0.238 e. The number of halogens is 3. The van der Waals surface area contributed by atoms with Gasteiger partial charge in [0, 0.05) is 0 Å². The maximum absolute atomic E-state index is 14.9. The Labute approximate surface area is 119 Å². The number of alkyl halides is 2. The Hall–Kier alpha value is -1.94. The van der Waals surface area contributed by atoms with Crippen LogP contribution in [0.3, 0.4) is 0 Å². The fraction of sp³-hybridized carbons (Fsp3) is 0.417. The molecule has 0 amide bonds. The SMILES string of the molecule is CC(C)(F)C(C)(F)c1c(C#N)c(Cl)c2cnc(N)nn12. The summed E-state index contributed by atoms with van der Waals surface area (Å²) in [5.41, 5.74) is 0.456. The van der Waals surface area contributed by atoms with Crippen LogP contribution >= 0.6 is 11.6 Å². The Morgan fingerprint density at radius 1 is 1.40 bits per heavy atom. The molecule has 2 heterocycles. The van der Waals surface area contributed by atoms with Crippen LogP contribution in [-0.4, -0.2) is 20.3 Å². The molecule has 2 N–H and O–H groups in total. The number of nitriles is 1. The third-order valence-corrected chi connectivity index (χ3v) is 3.70. The second-order valence-electron chi connectivity index (χ2n) is 5.04. The van der Waals surface area contributed by atoms with Crippen LogP contribution in [0, 0.1) is 11.3 Å². The van der Waals surface area contributed by atoms with E-state index in [1.165, 1.54) is 6.20 Å². The molecule has 1 unspecified atom stereocenters. The minimum atomic E-state index is -2.49. The molecule has 0 aliphatic carbocycles. The topological polar surface area (TPSA) is 80.0 Å². The molecule has 0 bridgehead atoms. The van der Waals surface area contributed by atoms with E-state index < -0.39 is 11.3 Å². The molecule has 0 aliphatic rings. The van der Waals surface area contributed by atoms with Gasteiger partial charge in [-0.1, -0.05) is 11.6 Å². The number of hydrogen-bond acceptors (Lipinski definition) is 4. The van der Waals surface area contributed by atoms with Crippen molar-refractivity contribution >= 4 is 23.1 Å². The monoisotopic (exact) mass is 299 g/mol. The normalized spacial score (nSPS) is 15.1. The number of hydrogen-bond donors (Lipinski definition) is 1. The van der Waals surface area contributed by atoms with Gasteiger partial charge in [-0.3, -0.25) is 0 Å². The Balaban J connectivity index is 2.95. The number of nitrogens with two attached hydrogens (primary N) is 1. The average Bonchev–Trinajstić information content (AvgIpc) is 2.60. The zero-order chi connectivity index (χ0) is 15.3. The number of fused-ring (bicyclic) bond motifs is 1. The van der Waals surface area contributed by atoms with Crippen LogP contribution in [0.15, 0.2) is 6.20 Å². The summed E-state index contributed by atoms with van der Waals surface area (Å²) in [6.45, 7) is 3.18. The molecule has 1 atom stereocenters. The lowest BCUT2D eigenvalue weighted by atomic mass is 9.86. The fourth-order valence-electron chi connectivity index (χ4n) is 1.84. The minimum absolute atomic E-state index is 0.0318. The summed E-state index contributed by atoms with van der Waals surface area (Å²) in [7, 11) is 0. The fourth-order valence-corrected chi connectivity index (χ4v) is 2.10. The quantitative estimate of drug-likeness (QED) is 0.924. The Morgan fingerprint density at radius 3 is 2.50 bits per heavy atom. The van der Waals surface area contributed by atoms with E-state index >= 15 is 0 Å². The smallest absolute Gasteiger partial charge is 0.238 e. The molecule has 0 saturated carbocycles. The molecule has 0 radical (unpaired) electrons. The molecule has 0 spiro atoms. The molecule has 5 nitrogen and oxygen atoms in total. The zero-order valence-corrected chi connectivity index (χ0v) is 11.8. The van der Waals surface area contributed by atoms with Crippen molar-refractivity contribution in [2.24, 2.45) is 0 Å². The standard InChI is InChI=1S/C12H12ClF2N5/c1-11(2,14)12(3,15)9-6(4-16)8(13)7-5-18-10(17)19-20(7)9/h5H,1-3H3,(H2,17,19).